The van der Waals surface area contributed by atoms with Crippen LogP contribution in [0.1, 0.15) is 84.1 Å². The Morgan fingerprint density at radius 1 is 1.00 bits per heavy atom. The van der Waals surface area contributed by atoms with E-state index in [0.717, 1.165) is 65.5 Å². The third-order valence-corrected chi connectivity index (χ3v) is 9.47. The molecule has 4 atom stereocenters. The van der Waals surface area contributed by atoms with Gasteiger partial charge in [-0.05, 0) is 117 Å². The largest absolute Gasteiger partial charge is 0.466 e. The van der Waals surface area contributed by atoms with Crippen molar-refractivity contribution in [1.29, 1.82) is 0 Å². The molecule has 0 heterocycles. The lowest BCUT2D eigenvalue weighted by molar-refractivity contribution is -0.149. The fourth-order valence-electron chi connectivity index (χ4n) is 7.67. The van der Waals surface area contributed by atoms with Crippen molar-refractivity contribution >= 4 is 34.6 Å². The third-order valence-electron chi connectivity index (χ3n) is 9.15. The summed E-state index contributed by atoms with van der Waals surface area (Å²) >= 11 is 6.82. The fourth-order valence-corrected chi connectivity index (χ4v) is 7.90. The molecule has 3 saturated carbocycles. The van der Waals surface area contributed by atoms with Gasteiger partial charge in [0.2, 0.25) is 0 Å². The molecule has 0 radical (unpaired) electrons. The summed E-state index contributed by atoms with van der Waals surface area (Å²) in [4.78, 5) is 12.4. The lowest BCUT2D eigenvalue weighted by Gasteiger charge is -2.47. The van der Waals surface area contributed by atoms with E-state index in [-0.39, 0.29) is 23.3 Å². The SMILES string of the molecule is CCOC(=O)C1CCCCC1Nc1ccc(Nc2ccc(C3(C)CC4CC(C)CC(C4)C3)cc2Cl)cc1. The first kappa shape index (κ1) is 26.4. The number of carbonyl (C=O) groups excluding carboxylic acids is 1. The second-order valence-electron chi connectivity index (χ2n) is 12.3. The van der Waals surface area contributed by atoms with Gasteiger partial charge in [-0.3, -0.25) is 4.79 Å². The van der Waals surface area contributed by atoms with E-state index in [9.17, 15) is 4.79 Å². The molecule has 3 aliphatic rings. The van der Waals surface area contributed by atoms with Crippen LogP contribution in [0.4, 0.5) is 17.1 Å². The van der Waals surface area contributed by atoms with Crippen LogP contribution >= 0.6 is 11.6 Å². The number of halogens is 1. The van der Waals surface area contributed by atoms with E-state index in [1.165, 1.54) is 37.7 Å². The Balaban J connectivity index is 1.23. The first-order chi connectivity index (χ1) is 17.8. The molecule has 3 aliphatic carbocycles. The van der Waals surface area contributed by atoms with E-state index in [0.29, 0.717) is 6.61 Å². The molecule has 4 unspecified atom stereocenters. The first-order valence-electron chi connectivity index (χ1n) is 14.4. The molecular weight excluding hydrogens is 480 g/mol. The summed E-state index contributed by atoms with van der Waals surface area (Å²) in [5, 5.41) is 7.87. The number of fused-ring (bicyclic) bond motifs is 2. The van der Waals surface area contributed by atoms with Gasteiger partial charge in [-0.15, -0.1) is 0 Å². The molecule has 37 heavy (non-hydrogen) atoms. The maximum atomic E-state index is 12.4. The highest BCUT2D eigenvalue weighted by Crippen LogP contribution is 2.51. The van der Waals surface area contributed by atoms with E-state index in [1.54, 1.807) is 0 Å². The zero-order valence-electron chi connectivity index (χ0n) is 22.7. The minimum Gasteiger partial charge on any atom is -0.466 e. The van der Waals surface area contributed by atoms with E-state index in [4.69, 9.17) is 16.3 Å². The number of hydrogen-bond acceptors (Lipinski definition) is 4. The van der Waals surface area contributed by atoms with Crippen LogP contribution in [0.5, 0.6) is 0 Å². The number of carbonyl (C=O) groups is 1. The monoisotopic (exact) mass is 522 g/mol. The zero-order valence-corrected chi connectivity index (χ0v) is 23.4. The molecular formula is C32H43ClN2O2. The molecule has 5 rings (SSSR count). The predicted molar refractivity (Wildman–Crippen MR) is 154 cm³/mol. The summed E-state index contributed by atoms with van der Waals surface area (Å²) in [5.74, 6) is 2.45. The Hall–Kier alpha value is -2.20. The van der Waals surface area contributed by atoms with E-state index in [1.807, 2.05) is 6.92 Å². The molecule has 2 N–H and O–H groups in total. The first-order valence-corrected chi connectivity index (χ1v) is 14.8. The van der Waals surface area contributed by atoms with E-state index < -0.39 is 0 Å². The minimum atomic E-state index is -0.0732. The maximum Gasteiger partial charge on any atom is 0.311 e. The van der Waals surface area contributed by atoms with Gasteiger partial charge in [0.05, 0.1) is 23.2 Å². The number of ether oxygens (including phenoxy) is 1. The molecule has 3 fully saturated rings. The van der Waals surface area contributed by atoms with Crippen molar-refractivity contribution in [1.82, 2.24) is 0 Å². The number of rotatable bonds is 7. The van der Waals surface area contributed by atoms with Crippen molar-refractivity contribution < 1.29 is 9.53 Å². The van der Waals surface area contributed by atoms with Gasteiger partial charge in [0.15, 0.2) is 0 Å². The lowest BCUT2D eigenvalue weighted by Crippen LogP contribution is -2.38. The minimum absolute atomic E-state index is 0.0715. The number of nitrogens with one attached hydrogen (secondary N) is 2. The lowest BCUT2D eigenvalue weighted by atomic mass is 9.57. The van der Waals surface area contributed by atoms with Crippen LogP contribution in [0.15, 0.2) is 42.5 Å². The maximum absolute atomic E-state index is 12.4. The summed E-state index contributed by atoms with van der Waals surface area (Å²) in [6.07, 6.45) is 10.9. The fraction of sp³-hybridized carbons (Fsp3) is 0.594. The smallest absolute Gasteiger partial charge is 0.311 e. The Morgan fingerprint density at radius 3 is 2.35 bits per heavy atom. The van der Waals surface area contributed by atoms with Gasteiger partial charge in [-0.25, -0.2) is 0 Å². The molecule has 0 aromatic heterocycles. The van der Waals surface area contributed by atoms with Crippen molar-refractivity contribution in [3.05, 3.63) is 53.1 Å². The summed E-state index contributed by atoms with van der Waals surface area (Å²) < 4.78 is 5.32. The Kier molecular flexibility index (Phi) is 8.04. The molecule has 0 spiro atoms. The molecule has 4 nitrogen and oxygen atoms in total. The topological polar surface area (TPSA) is 50.4 Å². The van der Waals surface area contributed by atoms with Crippen molar-refractivity contribution in [2.75, 3.05) is 17.2 Å². The third kappa shape index (κ3) is 6.11. The summed E-state index contributed by atoms with van der Waals surface area (Å²) in [5.41, 5.74) is 4.57. The Bertz CT molecular complexity index is 1070. The number of benzene rings is 2. The van der Waals surface area contributed by atoms with Crippen LogP contribution in [-0.2, 0) is 14.9 Å². The number of hydrogen-bond donors (Lipinski definition) is 2. The highest BCUT2D eigenvalue weighted by Gasteiger charge is 2.42. The summed E-state index contributed by atoms with van der Waals surface area (Å²) in [7, 11) is 0. The summed E-state index contributed by atoms with van der Waals surface area (Å²) in [6.45, 7) is 7.19. The predicted octanol–water partition coefficient (Wildman–Crippen LogP) is 8.72. The Morgan fingerprint density at radius 2 is 1.68 bits per heavy atom. The molecule has 2 bridgehead atoms. The van der Waals surface area contributed by atoms with Crippen molar-refractivity contribution in [2.24, 2.45) is 23.7 Å². The molecule has 0 amide bonds. The van der Waals surface area contributed by atoms with Crippen molar-refractivity contribution in [3.63, 3.8) is 0 Å². The average Bonchev–Trinajstić information content (AvgIpc) is 2.86. The second kappa shape index (κ2) is 11.3. The van der Waals surface area contributed by atoms with Gasteiger partial charge in [-0.1, -0.05) is 44.4 Å². The molecule has 0 saturated heterocycles. The molecule has 0 aliphatic heterocycles. The van der Waals surface area contributed by atoms with Crippen molar-refractivity contribution in [3.8, 4) is 0 Å². The number of esters is 1. The van der Waals surface area contributed by atoms with Crippen LogP contribution < -0.4 is 10.6 Å². The molecule has 200 valence electrons. The highest BCUT2D eigenvalue weighted by molar-refractivity contribution is 6.33. The van der Waals surface area contributed by atoms with Gasteiger partial charge >= 0.3 is 5.97 Å². The van der Waals surface area contributed by atoms with Gasteiger partial charge in [0, 0.05) is 17.4 Å². The van der Waals surface area contributed by atoms with Gasteiger partial charge in [0.1, 0.15) is 0 Å². The standard InChI is InChI=1S/C32H43ClN2O2/c1-4-37-31(36)27-7-5-6-8-29(27)34-25-10-12-26(13-11-25)35-30-14-9-24(18-28(30)33)32(3)19-22-15-21(2)16-23(17-22)20-32/h9-14,18,21-23,27,29,34-35H,4-8,15-17,19-20H2,1-3H3. The van der Waals surface area contributed by atoms with Crippen LogP contribution in [-0.4, -0.2) is 18.6 Å². The van der Waals surface area contributed by atoms with Crippen molar-refractivity contribution in [2.45, 2.75) is 90.0 Å². The molecule has 5 heteroatoms. The molecule has 2 aromatic rings. The Labute approximate surface area is 227 Å². The van der Waals surface area contributed by atoms with E-state index in [2.05, 4.69) is 66.9 Å². The summed E-state index contributed by atoms with van der Waals surface area (Å²) in [6, 6.07) is 15.0. The van der Waals surface area contributed by atoms with Gasteiger partial charge in [0.25, 0.3) is 0 Å². The quantitative estimate of drug-likeness (QED) is 0.357. The molecule has 2 aromatic carbocycles. The zero-order chi connectivity index (χ0) is 26.0. The van der Waals surface area contributed by atoms with E-state index >= 15 is 0 Å². The van der Waals surface area contributed by atoms with Crippen LogP contribution in [0.2, 0.25) is 5.02 Å². The average molecular weight is 523 g/mol. The van der Waals surface area contributed by atoms with Crippen LogP contribution in [0.25, 0.3) is 0 Å². The van der Waals surface area contributed by atoms with Gasteiger partial charge < -0.3 is 15.4 Å². The second-order valence-corrected chi connectivity index (χ2v) is 12.7. The van der Waals surface area contributed by atoms with Crippen LogP contribution in [0.3, 0.4) is 0 Å². The van der Waals surface area contributed by atoms with Gasteiger partial charge in [-0.2, -0.15) is 0 Å². The number of anilines is 3. The normalized spacial score (nSPS) is 31.4. The highest BCUT2D eigenvalue weighted by atomic mass is 35.5. The van der Waals surface area contributed by atoms with Crippen LogP contribution in [0, 0.1) is 23.7 Å².